The van der Waals surface area contributed by atoms with Crippen molar-refractivity contribution >= 4 is 46.3 Å². The number of hydrogen-bond acceptors (Lipinski definition) is 7. The Labute approximate surface area is 152 Å². The van der Waals surface area contributed by atoms with Gasteiger partial charge < -0.3 is 20.1 Å². The summed E-state index contributed by atoms with van der Waals surface area (Å²) in [7, 11) is 0. The van der Waals surface area contributed by atoms with Gasteiger partial charge in [0.25, 0.3) is 0 Å². The average Bonchev–Trinajstić information content (AvgIpc) is 3.05. The first kappa shape index (κ1) is 15.7. The van der Waals surface area contributed by atoms with Gasteiger partial charge in [0.05, 0.1) is 16.9 Å². The first-order valence-corrected chi connectivity index (χ1v) is 8.01. The molecule has 25 heavy (non-hydrogen) atoms. The maximum atomic E-state index is 6.15. The van der Waals surface area contributed by atoms with E-state index in [9.17, 15) is 0 Å². The fraction of sp³-hybridized carbons (Fsp3) is 0.0625. The summed E-state index contributed by atoms with van der Waals surface area (Å²) in [5, 5.41) is 15.1. The van der Waals surface area contributed by atoms with E-state index < -0.39 is 0 Å². The van der Waals surface area contributed by atoms with Crippen LogP contribution in [0.4, 0.5) is 23.1 Å². The van der Waals surface area contributed by atoms with Gasteiger partial charge in [0, 0.05) is 16.8 Å². The van der Waals surface area contributed by atoms with Crippen LogP contribution in [0.5, 0.6) is 11.5 Å². The van der Waals surface area contributed by atoms with E-state index in [1.165, 1.54) is 6.20 Å². The number of rotatable bonds is 4. The Kier molecular flexibility index (Phi) is 4.17. The monoisotopic (exact) mass is 375 g/mol. The standard InChI is InChI=1S/C16H11Cl2N5O2/c17-9-1-3-12(11(18)5-9)21-15-7-19-23-16(22-15)20-10-2-4-13-14(6-10)25-8-24-13/h1-7H,8H2,(H2,20,21,22,23). The normalized spacial score (nSPS) is 12.1. The summed E-state index contributed by atoms with van der Waals surface area (Å²) >= 11 is 12.0. The lowest BCUT2D eigenvalue weighted by atomic mass is 10.3. The van der Waals surface area contributed by atoms with Crippen LogP contribution in [-0.2, 0) is 0 Å². The second-order valence-electron chi connectivity index (χ2n) is 5.11. The predicted octanol–water partition coefficient (Wildman–Crippen LogP) is 4.39. The molecule has 0 saturated carbocycles. The fourth-order valence-electron chi connectivity index (χ4n) is 2.25. The summed E-state index contributed by atoms with van der Waals surface area (Å²) in [6, 6.07) is 10.6. The Morgan fingerprint density at radius 1 is 0.960 bits per heavy atom. The number of benzene rings is 2. The van der Waals surface area contributed by atoms with Crippen molar-refractivity contribution in [1.29, 1.82) is 0 Å². The highest BCUT2D eigenvalue weighted by Crippen LogP contribution is 2.35. The maximum Gasteiger partial charge on any atom is 0.249 e. The number of nitrogens with zero attached hydrogens (tertiary/aromatic N) is 3. The molecule has 0 fully saturated rings. The molecule has 1 aliphatic heterocycles. The second-order valence-corrected chi connectivity index (χ2v) is 5.95. The zero-order valence-electron chi connectivity index (χ0n) is 12.7. The van der Waals surface area contributed by atoms with Crippen molar-refractivity contribution in [2.75, 3.05) is 17.4 Å². The van der Waals surface area contributed by atoms with Gasteiger partial charge in [-0.2, -0.15) is 10.1 Å². The molecule has 0 amide bonds. The van der Waals surface area contributed by atoms with Crippen LogP contribution in [0.25, 0.3) is 0 Å². The summed E-state index contributed by atoms with van der Waals surface area (Å²) in [5.41, 5.74) is 1.42. The van der Waals surface area contributed by atoms with Crippen LogP contribution in [0.2, 0.25) is 10.0 Å². The molecule has 0 radical (unpaired) electrons. The topological polar surface area (TPSA) is 81.2 Å². The van der Waals surface area contributed by atoms with Crippen LogP contribution in [-0.4, -0.2) is 22.0 Å². The molecule has 3 aromatic rings. The van der Waals surface area contributed by atoms with Gasteiger partial charge in [-0.05, 0) is 30.3 Å². The molecular weight excluding hydrogens is 365 g/mol. The van der Waals surface area contributed by atoms with Gasteiger partial charge in [0.1, 0.15) is 0 Å². The van der Waals surface area contributed by atoms with Crippen LogP contribution >= 0.6 is 23.2 Å². The van der Waals surface area contributed by atoms with Crippen LogP contribution in [0.1, 0.15) is 0 Å². The zero-order chi connectivity index (χ0) is 17.2. The summed E-state index contributed by atoms with van der Waals surface area (Å²) in [4.78, 5) is 4.36. The molecule has 2 heterocycles. The van der Waals surface area contributed by atoms with Crippen molar-refractivity contribution in [3.8, 4) is 11.5 Å². The minimum Gasteiger partial charge on any atom is -0.454 e. The molecular formula is C16H11Cl2N5O2. The molecule has 1 aliphatic rings. The zero-order valence-corrected chi connectivity index (χ0v) is 14.2. The van der Waals surface area contributed by atoms with Gasteiger partial charge in [-0.3, -0.25) is 0 Å². The molecule has 0 atom stereocenters. The summed E-state index contributed by atoms with van der Waals surface area (Å²) in [6.45, 7) is 0.220. The summed E-state index contributed by atoms with van der Waals surface area (Å²) in [5.74, 6) is 2.19. The number of hydrogen-bond donors (Lipinski definition) is 2. The molecule has 0 saturated heterocycles. The minimum atomic E-state index is 0.220. The maximum absolute atomic E-state index is 6.15. The Balaban J connectivity index is 1.53. The first-order chi connectivity index (χ1) is 12.2. The van der Waals surface area contributed by atoms with E-state index in [0.717, 1.165) is 5.69 Å². The number of ether oxygens (including phenoxy) is 2. The third kappa shape index (κ3) is 3.52. The predicted molar refractivity (Wildman–Crippen MR) is 95.4 cm³/mol. The molecule has 2 N–H and O–H groups in total. The van der Waals surface area contributed by atoms with Crippen molar-refractivity contribution in [2.24, 2.45) is 0 Å². The molecule has 126 valence electrons. The Hall–Kier alpha value is -2.77. The van der Waals surface area contributed by atoms with E-state index >= 15 is 0 Å². The van der Waals surface area contributed by atoms with Gasteiger partial charge in [-0.15, -0.1) is 5.10 Å². The molecule has 7 nitrogen and oxygen atoms in total. The SMILES string of the molecule is Clc1ccc(Nc2cnnc(Nc3ccc4c(c3)OCO4)n2)c(Cl)c1. The van der Waals surface area contributed by atoms with Crippen molar-refractivity contribution in [3.63, 3.8) is 0 Å². The molecule has 9 heteroatoms. The van der Waals surface area contributed by atoms with Crippen LogP contribution < -0.4 is 20.1 Å². The van der Waals surface area contributed by atoms with Crippen molar-refractivity contribution in [3.05, 3.63) is 52.6 Å². The second kappa shape index (κ2) is 6.62. The largest absolute Gasteiger partial charge is 0.454 e. The van der Waals surface area contributed by atoms with Crippen molar-refractivity contribution in [1.82, 2.24) is 15.2 Å². The number of nitrogens with one attached hydrogen (secondary N) is 2. The van der Waals surface area contributed by atoms with Gasteiger partial charge in [0.15, 0.2) is 17.3 Å². The molecule has 0 unspecified atom stereocenters. The fourth-order valence-corrected chi connectivity index (χ4v) is 2.70. The number of halogens is 2. The van der Waals surface area contributed by atoms with Gasteiger partial charge in [-0.25, -0.2) is 0 Å². The smallest absolute Gasteiger partial charge is 0.249 e. The minimum absolute atomic E-state index is 0.220. The van der Waals surface area contributed by atoms with Gasteiger partial charge in [-0.1, -0.05) is 23.2 Å². The van der Waals surface area contributed by atoms with Crippen LogP contribution in [0, 0.1) is 0 Å². The highest BCUT2D eigenvalue weighted by atomic mass is 35.5. The highest BCUT2D eigenvalue weighted by Gasteiger charge is 2.13. The van der Waals surface area contributed by atoms with E-state index in [2.05, 4.69) is 25.8 Å². The van der Waals surface area contributed by atoms with Gasteiger partial charge >= 0.3 is 0 Å². The lowest BCUT2D eigenvalue weighted by Crippen LogP contribution is -2.02. The molecule has 1 aromatic heterocycles. The third-order valence-corrected chi connectivity index (χ3v) is 3.93. The Morgan fingerprint density at radius 3 is 2.72 bits per heavy atom. The van der Waals surface area contributed by atoms with Crippen LogP contribution in [0.15, 0.2) is 42.6 Å². The highest BCUT2D eigenvalue weighted by molar-refractivity contribution is 6.36. The summed E-state index contributed by atoms with van der Waals surface area (Å²) in [6.07, 6.45) is 1.50. The van der Waals surface area contributed by atoms with Crippen molar-refractivity contribution in [2.45, 2.75) is 0 Å². The number of fused-ring (bicyclic) bond motifs is 1. The molecule has 0 bridgehead atoms. The number of aromatic nitrogens is 3. The molecule has 2 aromatic carbocycles. The molecule has 4 rings (SSSR count). The van der Waals surface area contributed by atoms with Gasteiger partial charge in [0.2, 0.25) is 12.7 Å². The van der Waals surface area contributed by atoms with E-state index in [-0.39, 0.29) is 6.79 Å². The van der Waals surface area contributed by atoms with E-state index in [1.807, 2.05) is 18.2 Å². The van der Waals surface area contributed by atoms with Crippen molar-refractivity contribution < 1.29 is 9.47 Å². The third-order valence-electron chi connectivity index (χ3n) is 3.38. The summed E-state index contributed by atoms with van der Waals surface area (Å²) < 4.78 is 10.6. The van der Waals surface area contributed by atoms with E-state index in [0.29, 0.717) is 39.0 Å². The first-order valence-electron chi connectivity index (χ1n) is 7.26. The quantitative estimate of drug-likeness (QED) is 0.699. The average molecular weight is 376 g/mol. The Bertz CT molecular complexity index is 938. The number of anilines is 4. The van der Waals surface area contributed by atoms with Crippen LogP contribution in [0.3, 0.4) is 0 Å². The lowest BCUT2D eigenvalue weighted by molar-refractivity contribution is 0.174. The van der Waals surface area contributed by atoms with E-state index in [4.69, 9.17) is 32.7 Å². The molecule has 0 aliphatic carbocycles. The van der Waals surface area contributed by atoms with E-state index in [1.54, 1.807) is 18.2 Å². The Morgan fingerprint density at radius 2 is 1.84 bits per heavy atom. The lowest BCUT2D eigenvalue weighted by Gasteiger charge is -2.09. The molecule has 0 spiro atoms.